The number of rotatable bonds is 3. The number of nitrogens with one attached hydrogen (secondary N) is 1. The minimum atomic E-state index is -0.502. The molecule has 0 unspecified atom stereocenters. The Morgan fingerprint density at radius 2 is 2.00 bits per heavy atom. The molecule has 0 fully saturated rings. The molecule has 1 aromatic heterocycles. The molecule has 0 aliphatic heterocycles. The first-order chi connectivity index (χ1) is 9.49. The number of hydrogen-bond donors (Lipinski definition) is 1. The van der Waals surface area contributed by atoms with Gasteiger partial charge in [0.2, 0.25) is 0 Å². The second kappa shape index (κ2) is 5.48. The van der Waals surface area contributed by atoms with Gasteiger partial charge in [-0.2, -0.15) is 0 Å². The summed E-state index contributed by atoms with van der Waals surface area (Å²) in [5, 5.41) is 13.5. The van der Waals surface area contributed by atoms with Crippen molar-refractivity contribution in [3.8, 4) is 0 Å². The fourth-order valence-electron chi connectivity index (χ4n) is 1.74. The number of hydrogen-bond acceptors (Lipinski definition) is 4. The molecule has 1 aromatic carbocycles. The van der Waals surface area contributed by atoms with Gasteiger partial charge in [-0.3, -0.25) is 14.9 Å². The van der Waals surface area contributed by atoms with Crippen molar-refractivity contribution in [3.63, 3.8) is 0 Å². The number of benzene rings is 1. The molecule has 1 amide bonds. The molecular formula is C14H13N3O3. The van der Waals surface area contributed by atoms with E-state index < -0.39 is 10.8 Å². The number of pyridine rings is 1. The van der Waals surface area contributed by atoms with Crippen LogP contribution in [0.4, 0.5) is 11.5 Å². The Kier molecular flexibility index (Phi) is 3.74. The van der Waals surface area contributed by atoms with Crippen molar-refractivity contribution < 1.29 is 9.72 Å². The Hall–Kier alpha value is -2.76. The van der Waals surface area contributed by atoms with Crippen LogP contribution in [0.25, 0.3) is 0 Å². The van der Waals surface area contributed by atoms with Gasteiger partial charge in [-0.05, 0) is 31.5 Å². The lowest BCUT2D eigenvalue weighted by atomic mass is 10.1. The molecule has 1 heterocycles. The first kappa shape index (κ1) is 13.7. The number of anilines is 1. The summed E-state index contributed by atoms with van der Waals surface area (Å²) >= 11 is 0. The number of aryl methyl sites for hydroxylation is 2. The van der Waals surface area contributed by atoms with Crippen LogP contribution in [0.15, 0.2) is 36.5 Å². The van der Waals surface area contributed by atoms with E-state index in [-0.39, 0.29) is 11.3 Å². The third-order valence-corrected chi connectivity index (χ3v) is 2.91. The molecule has 0 aliphatic carbocycles. The molecular weight excluding hydrogens is 258 g/mol. The maximum atomic E-state index is 12.1. The van der Waals surface area contributed by atoms with E-state index in [2.05, 4.69) is 10.3 Å². The van der Waals surface area contributed by atoms with Crippen molar-refractivity contribution in [2.45, 2.75) is 13.8 Å². The summed E-state index contributed by atoms with van der Waals surface area (Å²) in [4.78, 5) is 26.5. The molecule has 20 heavy (non-hydrogen) atoms. The summed E-state index contributed by atoms with van der Waals surface area (Å²) in [6, 6.07) is 7.96. The van der Waals surface area contributed by atoms with Gasteiger partial charge in [0.15, 0.2) is 0 Å². The molecule has 0 spiro atoms. The summed E-state index contributed by atoms with van der Waals surface area (Å²) in [5.41, 5.74) is 1.49. The molecule has 0 saturated heterocycles. The number of nitrogens with zero attached hydrogens (tertiary/aromatic N) is 2. The van der Waals surface area contributed by atoms with Gasteiger partial charge in [-0.1, -0.05) is 12.1 Å². The quantitative estimate of drug-likeness (QED) is 0.687. The number of nitro benzene ring substituents is 1. The van der Waals surface area contributed by atoms with Gasteiger partial charge in [-0.15, -0.1) is 0 Å². The van der Waals surface area contributed by atoms with Gasteiger partial charge in [-0.25, -0.2) is 4.98 Å². The molecule has 2 rings (SSSR count). The molecule has 0 radical (unpaired) electrons. The fourth-order valence-corrected chi connectivity index (χ4v) is 1.74. The zero-order chi connectivity index (χ0) is 14.7. The van der Waals surface area contributed by atoms with Crippen LogP contribution in [0, 0.1) is 24.0 Å². The van der Waals surface area contributed by atoms with Gasteiger partial charge < -0.3 is 5.32 Å². The monoisotopic (exact) mass is 271 g/mol. The molecule has 2 aromatic rings. The zero-order valence-corrected chi connectivity index (χ0v) is 11.1. The largest absolute Gasteiger partial charge is 0.306 e. The van der Waals surface area contributed by atoms with Crippen LogP contribution in [-0.2, 0) is 0 Å². The topological polar surface area (TPSA) is 85.1 Å². The third kappa shape index (κ3) is 2.80. The van der Waals surface area contributed by atoms with Crippen molar-refractivity contribution in [2.75, 3.05) is 5.32 Å². The number of carbonyl (C=O) groups is 1. The van der Waals surface area contributed by atoms with Crippen molar-refractivity contribution in [1.29, 1.82) is 0 Å². The van der Waals surface area contributed by atoms with Crippen LogP contribution in [0.5, 0.6) is 0 Å². The maximum absolute atomic E-state index is 12.1. The molecule has 102 valence electrons. The highest BCUT2D eigenvalue weighted by Crippen LogP contribution is 2.20. The maximum Gasteiger partial charge on any atom is 0.273 e. The van der Waals surface area contributed by atoms with Crippen LogP contribution >= 0.6 is 0 Å². The standard InChI is InChI=1S/C14H13N3O3/c1-9-5-6-11(8-12(9)17(19)20)14(18)16-13-10(2)4-3-7-15-13/h3-8H,1-2H3,(H,15,16,18). The number of aromatic nitrogens is 1. The lowest BCUT2D eigenvalue weighted by Gasteiger charge is -2.07. The Morgan fingerprint density at radius 3 is 2.65 bits per heavy atom. The molecule has 6 nitrogen and oxygen atoms in total. The van der Waals surface area contributed by atoms with E-state index in [0.29, 0.717) is 11.4 Å². The van der Waals surface area contributed by atoms with Crippen molar-refractivity contribution in [3.05, 3.63) is 63.3 Å². The lowest BCUT2D eigenvalue weighted by Crippen LogP contribution is -2.14. The van der Waals surface area contributed by atoms with E-state index in [1.165, 1.54) is 6.07 Å². The van der Waals surface area contributed by atoms with Crippen LogP contribution in [-0.4, -0.2) is 15.8 Å². The van der Waals surface area contributed by atoms with Crippen LogP contribution in [0.1, 0.15) is 21.5 Å². The zero-order valence-electron chi connectivity index (χ0n) is 11.1. The summed E-state index contributed by atoms with van der Waals surface area (Å²) in [6.07, 6.45) is 1.57. The van der Waals surface area contributed by atoms with Gasteiger partial charge in [0.1, 0.15) is 5.82 Å². The second-order valence-electron chi connectivity index (χ2n) is 4.38. The van der Waals surface area contributed by atoms with Crippen LogP contribution < -0.4 is 5.32 Å². The highest BCUT2D eigenvalue weighted by atomic mass is 16.6. The second-order valence-corrected chi connectivity index (χ2v) is 4.38. The van der Waals surface area contributed by atoms with Crippen molar-refractivity contribution >= 4 is 17.4 Å². The Labute approximate surface area is 115 Å². The van der Waals surface area contributed by atoms with Gasteiger partial charge in [0.25, 0.3) is 11.6 Å². The lowest BCUT2D eigenvalue weighted by molar-refractivity contribution is -0.385. The van der Waals surface area contributed by atoms with E-state index >= 15 is 0 Å². The molecule has 6 heteroatoms. The molecule has 0 saturated carbocycles. The Balaban J connectivity index is 2.28. The fraction of sp³-hybridized carbons (Fsp3) is 0.143. The first-order valence-electron chi connectivity index (χ1n) is 5.97. The van der Waals surface area contributed by atoms with E-state index in [4.69, 9.17) is 0 Å². The number of nitro groups is 1. The first-order valence-corrected chi connectivity index (χ1v) is 5.97. The third-order valence-electron chi connectivity index (χ3n) is 2.91. The van der Waals surface area contributed by atoms with E-state index in [0.717, 1.165) is 5.56 Å². The summed E-state index contributed by atoms with van der Waals surface area (Å²) < 4.78 is 0. The van der Waals surface area contributed by atoms with E-state index in [9.17, 15) is 14.9 Å². The van der Waals surface area contributed by atoms with Crippen LogP contribution in [0.2, 0.25) is 0 Å². The predicted octanol–water partition coefficient (Wildman–Crippen LogP) is 2.86. The summed E-state index contributed by atoms with van der Waals surface area (Å²) in [5.74, 6) is 0.0237. The average molecular weight is 271 g/mol. The Bertz CT molecular complexity index is 683. The average Bonchev–Trinajstić information content (AvgIpc) is 2.41. The minimum Gasteiger partial charge on any atom is -0.306 e. The molecule has 0 aliphatic rings. The highest BCUT2D eigenvalue weighted by molar-refractivity contribution is 6.04. The number of carbonyl (C=O) groups excluding carboxylic acids is 1. The van der Waals surface area contributed by atoms with Gasteiger partial charge in [0, 0.05) is 23.4 Å². The van der Waals surface area contributed by atoms with Crippen LogP contribution in [0.3, 0.4) is 0 Å². The smallest absolute Gasteiger partial charge is 0.273 e. The van der Waals surface area contributed by atoms with Crippen molar-refractivity contribution in [1.82, 2.24) is 4.98 Å². The Morgan fingerprint density at radius 1 is 1.25 bits per heavy atom. The SMILES string of the molecule is Cc1ccc(C(=O)Nc2ncccc2C)cc1[N+](=O)[O-]. The highest BCUT2D eigenvalue weighted by Gasteiger charge is 2.15. The normalized spacial score (nSPS) is 10.1. The molecule has 0 atom stereocenters. The van der Waals surface area contributed by atoms with Gasteiger partial charge in [0.05, 0.1) is 4.92 Å². The van der Waals surface area contributed by atoms with E-state index in [1.807, 2.05) is 13.0 Å². The molecule has 1 N–H and O–H groups in total. The van der Waals surface area contributed by atoms with E-state index in [1.54, 1.807) is 31.3 Å². The van der Waals surface area contributed by atoms with Crippen molar-refractivity contribution in [2.24, 2.45) is 0 Å². The molecule has 0 bridgehead atoms. The minimum absolute atomic E-state index is 0.0737. The predicted molar refractivity (Wildman–Crippen MR) is 74.8 cm³/mol. The summed E-state index contributed by atoms with van der Waals surface area (Å²) in [7, 11) is 0. The summed E-state index contributed by atoms with van der Waals surface area (Å²) in [6.45, 7) is 3.45. The van der Waals surface area contributed by atoms with Gasteiger partial charge >= 0.3 is 0 Å². The number of amides is 1.